The van der Waals surface area contributed by atoms with Crippen LogP contribution in [-0.4, -0.2) is 14.7 Å². The largest absolute Gasteiger partial charge is 0.388 e. The van der Waals surface area contributed by atoms with Gasteiger partial charge < -0.3 is 9.67 Å². The first-order valence-electron chi connectivity index (χ1n) is 6.65. The van der Waals surface area contributed by atoms with Crippen LogP contribution in [0, 0.1) is 0 Å². The molecule has 0 saturated carbocycles. The Labute approximate surface area is 117 Å². The van der Waals surface area contributed by atoms with Crippen LogP contribution < -0.4 is 0 Å². The highest BCUT2D eigenvalue weighted by Crippen LogP contribution is 2.16. The van der Waals surface area contributed by atoms with Crippen molar-refractivity contribution in [3.05, 3.63) is 72.1 Å². The Morgan fingerprint density at radius 1 is 1.00 bits per heavy atom. The Morgan fingerprint density at radius 3 is 2.55 bits per heavy atom. The SMILES string of the molecule is OCc1nc2ccccc2n1CC=Cc1ccccc1. The van der Waals surface area contributed by atoms with Crippen LogP contribution in [0.2, 0.25) is 0 Å². The predicted molar refractivity (Wildman–Crippen MR) is 81.1 cm³/mol. The second-order valence-electron chi connectivity index (χ2n) is 4.60. The van der Waals surface area contributed by atoms with Gasteiger partial charge in [0.05, 0.1) is 11.0 Å². The number of nitrogens with zero attached hydrogens (tertiary/aromatic N) is 2. The maximum absolute atomic E-state index is 9.43. The van der Waals surface area contributed by atoms with Gasteiger partial charge in [-0.05, 0) is 17.7 Å². The van der Waals surface area contributed by atoms with Crippen molar-refractivity contribution in [3.63, 3.8) is 0 Å². The number of hydrogen-bond acceptors (Lipinski definition) is 2. The quantitative estimate of drug-likeness (QED) is 0.785. The molecule has 3 aromatic rings. The van der Waals surface area contributed by atoms with E-state index >= 15 is 0 Å². The van der Waals surface area contributed by atoms with E-state index in [1.165, 1.54) is 5.56 Å². The molecule has 0 aliphatic rings. The van der Waals surface area contributed by atoms with E-state index in [-0.39, 0.29) is 6.61 Å². The molecule has 0 aliphatic carbocycles. The molecule has 0 saturated heterocycles. The Kier molecular flexibility index (Phi) is 3.61. The number of para-hydroxylation sites is 2. The Balaban J connectivity index is 1.89. The highest BCUT2D eigenvalue weighted by atomic mass is 16.3. The minimum atomic E-state index is -0.0478. The number of allylic oxidation sites excluding steroid dienone is 1. The lowest BCUT2D eigenvalue weighted by Gasteiger charge is -2.04. The third kappa shape index (κ3) is 2.49. The second kappa shape index (κ2) is 5.72. The summed E-state index contributed by atoms with van der Waals surface area (Å²) in [6.45, 7) is 0.652. The van der Waals surface area contributed by atoms with E-state index in [0.717, 1.165) is 11.0 Å². The number of rotatable bonds is 4. The molecule has 0 bridgehead atoms. The summed E-state index contributed by atoms with van der Waals surface area (Å²) in [7, 11) is 0. The minimum absolute atomic E-state index is 0.0478. The summed E-state index contributed by atoms with van der Waals surface area (Å²) in [4.78, 5) is 4.44. The van der Waals surface area contributed by atoms with Crippen LogP contribution in [0.5, 0.6) is 0 Å². The van der Waals surface area contributed by atoms with Gasteiger partial charge in [0.1, 0.15) is 12.4 Å². The van der Waals surface area contributed by atoms with Crippen molar-refractivity contribution in [2.45, 2.75) is 13.2 Å². The molecule has 1 aromatic heterocycles. The maximum Gasteiger partial charge on any atom is 0.135 e. The highest BCUT2D eigenvalue weighted by molar-refractivity contribution is 5.76. The van der Waals surface area contributed by atoms with Gasteiger partial charge in [-0.15, -0.1) is 0 Å². The van der Waals surface area contributed by atoms with Crippen LogP contribution in [0.15, 0.2) is 60.7 Å². The third-order valence-electron chi connectivity index (χ3n) is 3.27. The number of fused-ring (bicyclic) bond motifs is 1. The van der Waals surface area contributed by atoms with Crippen molar-refractivity contribution in [1.82, 2.24) is 9.55 Å². The zero-order valence-corrected chi connectivity index (χ0v) is 11.1. The molecular formula is C17H16N2O. The lowest BCUT2D eigenvalue weighted by atomic mass is 10.2. The first-order valence-corrected chi connectivity index (χ1v) is 6.65. The normalized spacial score (nSPS) is 11.4. The lowest BCUT2D eigenvalue weighted by Crippen LogP contribution is -2.01. The van der Waals surface area contributed by atoms with Gasteiger partial charge in [0, 0.05) is 6.54 Å². The van der Waals surface area contributed by atoms with E-state index < -0.39 is 0 Å². The second-order valence-corrected chi connectivity index (χ2v) is 4.60. The monoisotopic (exact) mass is 264 g/mol. The summed E-state index contributed by atoms with van der Waals surface area (Å²) in [6, 6.07) is 18.1. The van der Waals surface area contributed by atoms with Crippen molar-refractivity contribution < 1.29 is 5.11 Å². The average molecular weight is 264 g/mol. The van der Waals surface area contributed by atoms with Crippen molar-refractivity contribution in [3.8, 4) is 0 Å². The summed E-state index contributed by atoms with van der Waals surface area (Å²) >= 11 is 0. The van der Waals surface area contributed by atoms with Gasteiger partial charge in [0.2, 0.25) is 0 Å². The van der Waals surface area contributed by atoms with Crippen LogP contribution in [0.4, 0.5) is 0 Å². The zero-order valence-electron chi connectivity index (χ0n) is 11.1. The van der Waals surface area contributed by atoms with E-state index in [1.807, 2.05) is 47.0 Å². The molecule has 0 unspecified atom stereocenters. The molecule has 1 N–H and O–H groups in total. The molecule has 3 heteroatoms. The number of hydrogen-bond donors (Lipinski definition) is 1. The molecule has 20 heavy (non-hydrogen) atoms. The molecule has 0 amide bonds. The van der Waals surface area contributed by atoms with Gasteiger partial charge in [-0.25, -0.2) is 4.98 Å². The zero-order chi connectivity index (χ0) is 13.8. The molecule has 3 rings (SSSR count). The van der Waals surface area contributed by atoms with E-state index in [1.54, 1.807) is 0 Å². The van der Waals surface area contributed by atoms with Crippen molar-refractivity contribution in [2.75, 3.05) is 0 Å². The first-order chi connectivity index (χ1) is 9.88. The summed E-state index contributed by atoms with van der Waals surface area (Å²) in [6.07, 6.45) is 4.17. The van der Waals surface area contributed by atoms with E-state index in [4.69, 9.17) is 0 Å². The van der Waals surface area contributed by atoms with Crippen molar-refractivity contribution >= 4 is 17.1 Å². The highest BCUT2D eigenvalue weighted by Gasteiger charge is 2.07. The molecule has 100 valence electrons. The van der Waals surface area contributed by atoms with E-state index in [2.05, 4.69) is 29.3 Å². The van der Waals surface area contributed by atoms with Crippen LogP contribution >= 0.6 is 0 Å². The standard InChI is InChI=1S/C17H16N2O/c20-13-17-18-15-10-4-5-11-16(15)19(17)12-6-9-14-7-2-1-3-8-14/h1-11,20H,12-13H2. The number of aromatic nitrogens is 2. The summed E-state index contributed by atoms with van der Waals surface area (Å²) < 4.78 is 2.04. The average Bonchev–Trinajstić information content (AvgIpc) is 2.87. The van der Waals surface area contributed by atoms with Gasteiger partial charge in [-0.3, -0.25) is 0 Å². The molecule has 2 aromatic carbocycles. The minimum Gasteiger partial charge on any atom is -0.388 e. The molecule has 3 nitrogen and oxygen atoms in total. The topological polar surface area (TPSA) is 38.1 Å². The van der Waals surface area contributed by atoms with Gasteiger partial charge in [-0.2, -0.15) is 0 Å². The fourth-order valence-electron chi connectivity index (χ4n) is 2.31. The molecule has 0 fully saturated rings. The van der Waals surface area contributed by atoms with Crippen LogP contribution in [0.3, 0.4) is 0 Å². The smallest absolute Gasteiger partial charge is 0.135 e. The summed E-state index contributed by atoms with van der Waals surface area (Å²) in [5.41, 5.74) is 3.14. The Morgan fingerprint density at radius 2 is 1.75 bits per heavy atom. The predicted octanol–water partition coefficient (Wildman–Crippen LogP) is 3.24. The molecule has 0 spiro atoms. The van der Waals surface area contributed by atoms with Gasteiger partial charge >= 0.3 is 0 Å². The van der Waals surface area contributed by atoms with Gasteiger partial charge in [0.25, 0.3) is 0 Å². The summed E-state index contributed by atoms with van der Waals surface area (Å²) in [5.74, 6) is 0.698. The van der Waals surface area contributed by atoms with Gasteiger partial charge in [0.15, 0.2) is 0 Å². The molecule has 0 atom stereocenters. The molecule has 1 heterocycles. The fraction of sp³-hybridized carbons (Fsp3) is 0.118. The number of aliphatic hydroxyl groups is 1. The lowest BCUT2D eigenvalue weighted by molar-refractivity contribution is 0.267. The van der Waals surface area contributed by atoms with Crippen LogP contribution in [-0.2, 0) is 13.2 Å². The molecule has 0 radical (unpaired) electrons. The number of benzene rings is 2. The summed E-state index contributed by atoms with van der Waals surface area (Å²) in [5, 5.41) is 9.43. The van der Waals surface area contributed by atoms with Crippen LogP contribution in [0.25, 0.3) is 17.1 Å². The molecular weight excluding hydrogens is 248 g/mol. The van der Waals surface area contributed by atoms with Crippen molar-refractivity contribution in [1.29, 1.82) is 0 Å². The van der Waals surface area contributed by atoms with E-state index in [0.29, 0.717) is 12.4 Å². The number of imidazole rings is 1. The van der Waals surface area contributed by atoms with Crippen LogP contribution in [0.1, 0.15) is 11.4 Å². The van der Waals surface area contributed by atoms with E-state index in [9.17, 15) is 5.11 Å². The number of aliphatic hydroxyl groups excluding tert-OH is 1. The Hall–Kier alpha value is -2.39. The Bertz CT molecular complexity index is 729. The molecule has 0 aliphatic heterocycles. The maximum atomic E-state index is 9.43. The van der Waals surface area contributed by atoms with Gasteiger partial charge in [-0.1, -0.05) is 54.6 Å². The fourth-order valence-corrected chi connectivity index (χ4v) is 2.31. The third-order valence-corrected chi connectivity index (χ3v) is 3.27. The van der Waals surface area contributed by atoms with Crippen molar-refractivity contribution in [2.24, 2.45) is 0 Å². The first kappa shape index (κ1) is 12.6.